The van der Waals surface area contributed by atoms with Crippen molar-refractivity contribution in [2.24, 2.45) is 0 Å². The number of nitrogens with zero attached hydrogens (tertiary/aromatic N) is 2. The van der Waals surface area contributed by atoms with Gasteiger partial charge < -0.3 is 9.14 Å². The van der Waals surface area contributed by atoms with Gasteiger partial charge in [-0.05, 0) is 19.1 Å². The summed E-state index contributed by atoms with van der Waals surface area (Å²) in [4.78, 5) is 4.30. The normalized spacial score (nSPS) is 11.0. The quantitative estimate of drug-likeness (QED) is 0.726. The number of pyridine rings is 1. The van der Waals surface area contributed by atoms with Crippen molar-refractivity contribution in [2.75, 3.05) is 0 Å². The molecule has 0 aliphatic rings. The van der Waals surface area contributed by atoms with Crippen LogP contribution in [0, 0.1) is 18.6 Å². The summed E-state index contributed by atoms with van der Waals surface area (Å²) < 4.78 is 34.4. The van der Waals surface area contributed by atoms with Gasteiger partial charge in [0.05, 0.1) is 16.3 Å². The van der Waals surface area contributed by atoms with Crippen LogP contribution in [-0.2, 0) is 6.61 Å². The highest BCUT2D eigenvalue weighted by Gasteiger charge is 2.12. The van der Waals surface area contributed by atoms with Crippen molar-refractivity contribution in [1.82, 2.24) is 9.38 Å². The van der Waals surface area contributed by atoms with E-state index in [0.717, 1.165) is 5.69 Å². The van der Waals surface area contributed by atoms with E-state index in [1.165, 1.54) is 18.2 Å². The highest BCUT2D eigenvalue weighted by Crippen LogP contribution is 2.25. The van der Waals surface area contributed by atoms with E-state index in [1.54, 1.807) is 22.9 Å². The molecule has 2 heterocycles. The van der Waals surface area contributed by atoms with Gasteiger partial charge in [0.15, 0.2) is 11.4 Å². The third-order valence-corrected chi connectivity index (χ3v) is 3.24. The number of benzene rings is 1. The number of hydrogen-bond acceptors (Lipinski definition) is 2. The molecule has 108 valence electrons. The number of fused-ring (bicyclic) bond motifs is 1. The Kier molecular flexibility index (Phi) is 3.51. The molecule has 0 aliphatic heterocycles. The van der Waals surface area contributed by atoms with Crippen LogP contribution in [0.3, 0.4) is 0 Å². The summed E-state index contributed by atoms with van der Waals surface area (Å²) in [5.74, 6) is -0.918. The lowest BCUT2D eigenvalue weighted by molar-refractivity contribution is 0.294. The average Bonchev–Trinajstić information content (AvgIpc) is 2.78. The number of hydrogen-bond donors (Lipinski definition) is 0. The van der Waals surface area contributed by atoms with Gasteiger partial charge in [0.25, 0.3) is 0 Å². The number of halogens is 3. The molecule has 3 nitrogen and oxygen atoms in total. The third-order valence-electron chi connectivity index (χ3n) is 3.04. The zero-order valence-corrected chi connectivity index (χ0v) is 11.9. The van der Waals surface area contributed by atoms with Crippen LogP contribution in [0.5, 0.6) is 5.75 Å². The van der Waals surface area contributed by atoms with Crippen molar-refractivity contribution in [3.8, 4) is 5.75 Å². The lowest BCUT2D eigenvalue weighted by Gasteiger charge is -2.09. The van der Waals surface area contributed by atoms with E-state index in [2.05, 4.69) is 4.98 Å². The molecule has 0 radical (unpaired) electrons. The van der Waals surface area contributed by atoms with E-state index in [4.69, 9.17) is 16.3 Å². The maximum absolute atomic E-state index is 13.6. The van der Waals surface area contributed by atoms with Crippen molar-refractivity contribution >= 4 is 17.2 Å². The van der Waals surface area contributed by atoms with Crippen LogP contribution < -0.4 is 4.74 Å². The first kappa shape index (κ1) is 13.8. The Morgan fingerprint density at radius 3 is 2.67 bits per heavy atom. The molecule has 1 aromatic carbocycles. The van der Waals surface area contributed by atoms with Gasteiger partial charge in [0.1, 0.15) is 18.2 Å². The Bertz CT molecular complexity index is 797. The summed E-state index contributed by atoms with van der Waals surface area (Å²) in [6.45, 7) is 1.60. The van der Waals surface area contributed by atoms with Crippen molar-refractivity contribution in [3.05, 3.63) is 64.6 Å². The summed E-state index contributed by atoms with van der Waals surface area (Å²) in [7, 11) is 0. The minimum absolute atomic E-state index is 0.126. The second kappa shape index (κ2) is 5.33. The number of imidazole rings is 1. The Morgan fingerprint density at radius 2 is 1.95 bits per heavy atom. The smallest absolute Gasteiger partial charge is 0.180 e. The van der Waals surface area contributed by atoms with Crippen LogP contribution >= 0.6 is 11.6 Å². The van der Waals surface area contributed by atoms with Gasteiger partial charge in [-0.2, -0.15) is 0 Å². The minimum Gasteiger partial charge on any atom is -0.485 e. The molecule has 2 aromatic heterocycles. The monoisotopic (exact) mass is 308 g/mol. The summed E-state index contributed by atoms with van der Waals surface area (Å²) in [5.41, 5.74) is 1.21. The Labute approximate surface area is 124 Å². The predicted octanol–water partition coefficient (Wildman–Crippen LogP) is 4.15. The highest BCUT2D eigenvalue weighted by molar-refractivity contribution is 6.30. The topological polar surface area (TPSA) is 26.5 Å². The zero-order valence-electron chi connectivity index (χ0n) is 11.1. The van der Waals surface area contributed by atoms with E-state index < -0.39 is 11.6 Å². The van der Waals surface area contributed by atoms with Gasteiger partial charge in [-0.3, -0.25) is 0 Å². The molecular formula is C15H11ClF2N2O. The molecule has 21 heavy (non-hydrogen) atoms. The van der Waals surface area contributed by atoms with Crippen molar-refractivity contribution in [3.63, 3.8) is 0 Å². The van der Waals surface area contributed by atoms with E-state index in [-0.39, 0.29) is 12.2 Å². The van der Waals surface area contributed by atoms with Crippen LogP contribution in [0.15, 0.2) is 36.7 Å². The van der Waals surface area contributed by atoms with Crippen molar-refractivity contribution in [1.29, 1.82) is 0 Å². The van der Waals surface area contributed by atoms with Crippen molar-refractivity contribution < 1.29 is 13.5 Å². The predicted molar refractivity (Wildman–Crippen MR) is 75.6 cm³/mol. The fourth-order valence-corrected chi connectivity index (χ4v) is 2.29. The van der Waals surface area contributed by atoms with Crippen molar-refractivity contribution in [2.45, 2.75) is 13.5 Å². The van der Waals surface area contributed by atoms with Crippen LogP contribution in [-0.4, -0.2) is 9.38 Å². The standard InChI is InChI=1S/C15H11ClF2N2O/c1-9-6-20-7-10(16)5-14(15(20)19-9)21-8-11-12(17)3-2-4-13(11)18/h2-7H,8H2,1H3. The molecule has 3 rings (SSSR count). The lowest BCUT2D eigenvalue weighted by Crippen LogP contribution is -2.03. The van der Waals surface area contributed by atoms with Gasteiger partial charge in [0, 0.05) is 18.5 Å². The molecule has 0 fully saturated rings. The molecule has 0 saturated carbocycles. The molecule has 0 amide bonds. The number of ether oxygens (including phenoxy) is 1. The molecule has 3 aromatic rings. The van der Waals surface area contributed by atoms with E-state index in [0.29, 0.717) is 16.4 Å². The molecule has 0 saturated heterocycles. The summed E-state index contributed by atoms with van der Waals surface area (Å²) in [6.07, 6.45) is 3.48. The summed E-state index contributed by atoms with van der Waals surface area (Å²) >= 11 is 6.00. The van der Waals surface area contributed by atoms with Gasteiger partial charge in [-0.15, -0.1) is 0 Å². The fraction of sp³-hybridized carbons (Fsp3) is 0.133. The molecule has 0 spiro atoms. The Hall–Kier alpha value is -2.14. The van der Waals surface area contributed by atoms with Crippen LogP contribution in [0.4, 0.5) is 8.78 Å². The van der Waals surface area contributed by atoms with Crippen LogP contribution in [0.25, 0.3) is 5.65 Å². The first-order valence-corrected chi connectivity index (χ1v) is 6.63. The second-order valence-electron chi connectivity index (χ2n) is 4.62. The molecular weight excluding hydrogens is 298 g/mol. The maximum Gasteiger partial charge on any atom is 0.180 e. The maximum atomic E-state index is 13.6. The number of aromatic nitrogens is 2. The van der Waals surface area contributed by atoms with Gasteiger partial charge in [-0.25, -0.2) is 13.8 Å². The Morgan fingerprint density at radius 1 is 1.24 bits per heavy atom. The fourth-order valence-electron chi connectivity index (χ4n) is 2.08. The summed E-state index contributed by atoms with van der Waals surface area (Å²) in [6, 6.07) is 5.26. The second-order valence-corrected chi connectivity index (χ2v) is 5.06. The lowest BCUT2D eigenvalue weighted by atomic mass is 10.2. The van der Waals surface area contributed by atoms with Gasteiger partial charge in [-0.1, -0.05) is 17.7 Å². The zero-order chi connectivity index (χ0) is 15.0. The highest BCUT2D eigenvalue weighted by atomic mass is 35.5. The first-order valence-electron chi connectivity index (χ1n) is 6.25. The van der Waals surface area contributed by atoms with Crippen LogP contribution in [0.1, 0.15) is 11.3 Å². The minimum atomic E-state index is -0.646. The molecule has 0 unspecified atom stereocenters. The molecule has 6 heteroatoms. The molecule has 0 atom stereocenters. The SMILES string of the molecule is Cc1cn2cc(Cl)cc(OCc3c(F)cccc3F)c2n1. The molecule has 0 bridgehead atoms. The number of rotatable bonds is 3. The summed E-state index contributed by atoms with van der Waals surface area (Å²) in [5, 5.41) is 0.448. The van der Waals surface area contributed by atoms with E-state index in [1.807, 2.05) is 6.92 Å². The number of aryl methyl sites for hydroxylation is 1. The van der Waals surface area contributed by atoms with Crippen LogP contribution in [0.2, 0.25) is 5.02 Å². The molecule has 0 N–H and O–H groups in total. The first-order chi connectivity index (χ1) is 10.0. The average molecular weight is 309 g/mol. The van der Waals surface area contributed by atoms with E-state index in [9.17, 15) is 8.78 Å². The third kappa shape index (κ3) is 2.69. The largest absolute Gasteiger partial charge is 0.485 e. The van der Waals surface area contributed by atoms with Gasteiger partial charge >= 0.3 is 0 Å². The molecule has 0 aliphatic carbocycles. The Balaban J connectivity index is 1.95. The van der Waals surface area contributed by atoms with Gasteiger partial charge in [0.2, 0.25) is 0 Å². The van der Waals surface area contributed by atoms with E-state index >= 15 is 0 Å².